The molecule has 0 saturated carbocycles. The van der Waals surface area contributed by atoms with Gasteiger partial charge in [-0.3, -0.25) is 0 Å². The summed E-state index contributed by atoms with van der Waals surface area (Å²) < 4.78 is 5.70. The van der Waals surface area contributed by atoms with E-state index in [1.165, 1.54) is 6.20 Å². The minimum atomic E-state index is -0.597. The Morgan fingerprint density at radius 2 is 2.24 bits per heavy atom. The number of carbonyl (C=O) groups excluding carboxylic acids is 1. The molecule has 1 N–H and O–H groups in total. The van der Waals surface area contributed by atoms with E-state index in [2.05, 4.69) is 4.99 Å². The van der Waals surface area contributed by atoms with Gasteiger partial charge in [0.2, 0.25) is 0 Å². The molecule has 0 spiro atoms. The molecular weight excluding hydrogens is 220 g/mol. The molecular formula is C12H12N2O3. The number of benzene rings is 1. The summed E-state index contributed by atoms with van der Waals surface area (Å²) in [6.45, 7) is 2.04. The third-order valence-corrected chi connectivity index (χ3v) is 2.24. The van der Waals surface area contributed by atoms with Gasteiger partial charge in [0.15, 0.2) is 0 Å². The van der Waals surface area contributed by atoms with Crippen molar-refractivity contribution in [2.75, 3.05) is 6.61 Å². The van der Waals surface area contributed by atoms with E-state index >= 15 is 0 Å². The van der Waals surface area contributed by atoms with Gasteiger partial charge in [-0.25, -0.2) is 9.52 Å². The Balaban J connectivity index is 2.42. The number of hydrogen-bond donors (Lipinski definition) is 1. The summed E-state index contributed by atoms with van der Waals surface area (Å²) >= 11 is 0. The van der Waals surface area contributed by atoms with Crippen LogP contribution < -0.4 is 5.36 Å². The predicted octanol–water partition coefficient (Wildman–Crippen LogP) is 1.89. The first-order valence-corrected chi connectivity index (χ1v) is 5.22. The number of carbonyl (C=O) groups is 1. The zero-order valence-electron chi connectivity index (χ0n) is 9.33. The number of amides is 1. The van der Waals surface area contributed by atoms with Gasteiger partial charge in [0.1, 0.15) is 0 Å². The molecule has 0 radical (unpaired) electrons. The Morgan fingerprint density at radius 1 is 1.41 bits per heavy atom. The second kappa shape index (κ2) is 4.69. The van der Waals surface area contributed by atoms with E-state index in [9.17, 15) is 10.0 Å². The lowest BCUT2D eigenvalue weighted by Gasteiger charge is -2.05. The van der Waals surface area contributed by atoms with Crippen molar-refractivity contribution < 1.29 is 14.7 Å². The van der Waals surface area contributed by atoms with E-state index in [4.69, 9.17) is 4.74 Å². The first-order valence-electron chi connectivity index (χ1n) is 5.22. The highest BCUT2D eigenvalue weighted by Gasteiger charge is 2.02. The molecule has 88 valence electrons. The number of rotatable bonds is 1. The fraction of sp³-hybridized carbons (Fsp3) is 0.167. The zero-order chi connectivity index (χ0) is 12.3. The van der Waals surface area contributed by atoms with Crippen LogP contribution in [0, 0.1) is 0 Å². The van der Waals surface area contributed by atoms with Gasteiger partial charge in [0, 0.05) is 11.8 Å². The third-order valence-electron chi connectivity index (χ3n) is 2.24. The SMILES string of the molecule is CCOC(=O)N=c1ccc2cn(O)ccc-2c1. The number of fused-ring (bicyclic) bond motifs is 1. The quantitative estimate of drug-likeness (QED) is 0.763. The highest BCUT2D eigenvalue weighted by molar-refractivity contribution is 5.69. The van der Waals surface area contributed by atoms with Gasteiger partial charge in [-0.1, -0.05) is 6.07 Å². The second-order valence-corrected chi connectivity index (χ2v) is 3.45. The number of pyridine rings is 1. The summed E-state index contributed by atoms with van der Waals surface area (Å²) in [5, 5.41) is 9.77. The molecule has 2 rings (SSSR count). The van der Waals surface area contributed by atoms with Crippen LogP contribution in [0.4, 0.5) is 4.79 Å². The lowest BCUT2D eigenvalue weighted by atomic mass is 10.1. The molecule has 0 unspecified atom stereocenters. The number of ether oxygens (including phenoxy) is 1. The van der Waals surface area contributed by atoms with Crippen molar-refractivity contribution in [2.45, 2.75) is 6.92 Å². The average Bonchev–Trinajstić information content (AvgIpc) is 2.29. The average molecular weight is 232 g/mol. The minimum Gasteiger partial charge on any atom is -0.448 e. The lowest BCUT2D eigenvalue weighted by molar-refractivity contribution is 0.162. The van der Waals surface area contributed by atoms with Gasteiger partial charge < -0.3 is 9.94 Å². The van der Waals surface area contributed by atoms with Gasteiger partial charge in [0.05, 0.1) is 18.2 Å². The van der Waals surface area contributed by atoms with Gasteiger partial charge >= 0.3 is 6.09 Å². The van der Waals surface area contributed by atoms with E-state index in [1.54, 1.807) is 37.4 Å². The summed E-state index contributed by atoms with van der Waals surface area (Å²) in [5.41, 5.74) is 1.75. The molecule has 0 atom stereocenters. The van der Waals surface area contributed by atoms with Crippen LogP contribution in [0.1, 0.15) is 6.92 Å². The van der Waals surface area contributed by atoms with Gasteiger partial charge in [-0.05, 0) is 30.7 Å². The third kappa shape index (κ3) is 2.63. The molecule has 2 aliphatic rings. The van der Waals surface area contributed by atoms with E-state index in [1.807, 2.05) is 0 Å². The van der Waals surface area contributed by atoms with Crippen LogP contribution in [0.5, 0.6) is 0 Å². The van der Waals surface area contributed by atoms with E-state index in [0.717, 1.165) is 15.9 Å². The van der Waals surface area contributed by atoms with Crippen molar-refractivity contribution >= 4 is 6.09 Å². The van der Waals surface area contributed by atoms with Crippen LogP contribution >= 0.6 is 0 Å². The summed E-state index contributed by atoms with van der Waals surface area (Å²) in [5.74, 6) is 0. The number of hydrogen-bond acceptors (Lipinski definition) is 3. The summed E-state index contributed by atoms with van der Waals surface area (Å²) in [4.78, 5) is 15.0. The maximum Gasteiger partial charge on any atom is 0.434 e. The fourth-order valence-corrected chi connectivity index (χ4v) is 1.50. The lowest BCUT2D eigenvalue weighted by Crippen LogP contribution is -2.08. The Labute approximate surface area is 97.9 Å². The fourth-order valence-electron chi connectivity index (χ4n) is 1.50. The van der Waals surface area contributed by atoms with Crippen molar-refractivity contribution in [3.8, 4) is 11.1 Å². The molecule has 1 amide bonds. The molecule has 0 saturated heterocycles. The number of aromatic nitrogens is 1. The Bertz CT molecular complexity index is 574. The molecule has 0 fully saturated rings. The molecule has 1 aliphatic heterocycles. The predicted molar refractivity (Wildman–Crippen MR) is 60.8 cm³/mol. The van der Waals surface area contributed by atoms with Crippen molar-refractivity contribution in [3.05, 3.63) is 42.0 Å². The number of nitrogens with zero attached hydrogens (tertiary/aromatic N) is 2. The van der Waals surface area contributed by atoms with Crippen molar-refractivity contribution in [3.63, 3.8) is 0 Å². The van der Waals surface area contributed by atoms with Crippen molar-refractivity contribution in [1.82, 2.24) is 4.73 Å². The molecule has 0 aromatic carbocycles. The van der Waals surface area contributed by atoms with Crippen molar-refractivity contribution in [2.24, 2.45) is 4.99 Å². The normalized spacial score (nSPS) is 11.7. The Morgan fingerprint density at radius 3 is 3.00 bits per heavy atom. The minimum absolute atomic E-state index is 0.306. The second-order valence-electron chi connectivity index (χ2n) is 3.45. The van der Waals surface area contributed by atoms with Gasteiger partial charge in [-0.15, -0.1) is 0 Å². The van der Waals surface area contributed by atoms with Gasteiger partial charge in [-0.2, -0.15) is 4.99 Å². The Hall–Kier alpha value is -2.30. The molecule has 0 aromatic heterocycles. The molecule has 17 heavy (non-hydrogen) atoms. The molecule has 1 heterocycles. The summed E-state index contributed by atoms with van der Waals surface area (Å²) in [7, 11) is 0. The van der Waals surface area contributed by atoms with Crippen LogP contribution in [0.15, 0.2) is 41.7 Å². The summed E-state index contributed by atoms with van der Waals surface area (Å²) in [6.07, 6.45) is 2.49. The van der Waals surface area contributed by atoms with Crippen LogP contribution in [-0.4, -0.2) is 22.6 Å². The van der Waals surface area contributed by atoms with Crippen LogP contribution in [0.25, 0.3) is 11.1 Å². The Kier molecular flexibility index (Phi) is 3.09. The molecule has 0 bridgehead atoms. The summed E-state index contributed by atoms with van der Waals surface area (Å²) in [6, 6.07) is 6.96. The highest BCUT2D eigenvalue weighted by Crippen LogP contribution is 2.17. The maximum atomic E-state index is 11.2. The largest absolute Gasteiger partial charge is 0.448 e. The maximum absolute atomic E-state index is 11.2. The zero-order valence-corrected chi connectivity index (χ0v) is 9.33. The standard InChI is InChI=1S/C12H12N2O3/c1-2-17-12(15)13-11-4-3-10-8-14(16)6-5-9(10)7-11/h3-8,16H,2H2,1H3. The van der Waals surface area contributed by atoms with Crippen LogP contribution in [0.3, 0.4) is 0 Å². The van der Waals surface area contributed by atoms with Crippen LogP contribution in [0.2, 0.25) is 0 Å². The first-order chi connectivity index (χ1) is 8.19. The highest BCUT2D eigenvalue weighted by atomic mass is 16.5. The monoisotopic (exact) mass is 232 g/mol. The molecule has 5 heteroatoms. The van der Waals surface area contributed by atoms with E-state index < -0.39 is 6.09 Å². The first kappa shape index (κ1) is 11.2. The molecule has 0 aromatic rings. The van der Waals surface area contributed by atoms with E-state index in [-0.39, 0.29) is 0 Å². The van der Waals surface area contributed by atoms with Crippen LogP contribution in [-0.2, 0) is 4.74 Å². The topological polar surface area (TPSA) is 63.8 Å². The smallest absolute Gasteiger partial charge is 0.434 e. The molecule has 5 nitrogen and oxygen atoms in total. The van der Waals surface area contributed by atoms with Gasteiger partial charge in [0.25, 0.3) is 0 Å². The van der Waals surface area contributed by atoms with Crippen molar-refractivity contribution in [1.29, 1.82) is 0 Å². The van der Waals surface area contributed by atoms with E-state index in [0.29, 0.717) is 12.0 Å². The molecule has 1 aliphatic carbocycles.